The van der Waals surface area contributed by atoms with Crippen LogP contribution in [0.1, 0.15) is 17.5 Å². The first kappa shape index (κ1) is 17.8. The van der Waals surface area contributed by atoms with E-state index in [1.807, 2.05) is 0 Å². The summed E-state index contributed by atoms with van der Waals surface area (Å²) < 4.78 is 26.7. The number of anilines is 1. The monoisotopic (exact) mass is 349 g/mol. The van der Waals surface area contributed by atoms with E-state index in [9.17, 15) is 18.3 Å². The summed E-state index contributed by atoms with van der Waals surface area (Å²) in [5.74, 6) is -0.796. The van der Waals surface area contributed by atoms with Gasteiger partial charge in [0.15, 0.2) is 0 Å². The summed E-state index contributed by atoms with van der Waals surface area (Å²) in [4.78, 5) is 10.5. The molecule has 0 saturated heterocycles. The third kappa shape index (κ3) is 5.92. The molecule has 2 aromatic carbocycles. The molecule has 24 heavy (non-hydrogen) atoms. The van der Waals surface area contributed by atoms with Gasteiger partial charge in [0.2, 0.25) is 10.0 Å². The third-order valence-electron chi connectivity index (χ3n) is 3.45. The second-order valence-corrected chi connectivity index (χ2v) is 7.27. The van der Waals surface area contributed by atoms with Crippen LogP contribution < -0.4 is 4.72 Å². The number of aryl methyl sites for hydroxylation is 2. The number of carboxylic acids is 1. The smallest absolute Gasteiger partial charge is 0.303 e. The molecule has 0 heterocycles. The number of hydrogen-bond donors (Lipinski definition) is 3. The fraction of sp³-hybridized carbons (Fsp3) is 0.235. The van der Waals surface area contributed by atoms with E-state index in [0.717, 1.165) is 11.1 Å². The Hall–Kier alpha value is -2.54. The Kier molecular flexibility index (Phi) is 5.81. The van der Waals surface area contributed by atoms with Crippen molar-refractivity contribution < 1.29 is 23.4 Å². The van der Waals surface area contributed by atoms with E-state index in [4.69, 9.17) is 5.11 Å². The summed E-state index contributed by atoms with van der Waals surface area (Å²) in [6, 6.07) is 13.1. The van der Waals surface area contributed by atoms with E-state index >= 15 is 0 Å². The van der Waals surface area contributed by atoms with Gasteiger partial charge < -0.3 is 10.2 Å². The zero-order chi connectivity index (χ0) is 17.6. The van der Waals surface area contributed by atoms with Gasteiger partial charge >= 0.3 is 5.97 Å². The predicted octanol–water partition coefficient (Wildman–Crippen LogP) is 2.39. The number of phenolic OH excluding ortho intramolecular Hbond substituents is 1. The van der Waals surface area contributed by atoms with Crippen molar-refractivity contribution >= 4 is 21.7 Å². The standard InChI is InChI=1S/C17H19NO5S/c19-16-8-3-14(4-9-16)11-12-24(22,23)18-15-6-1-13(2-7-15)5-10-17(20)21/h1-4,6-9,18-19H,5,10-12H2,(H,20,21). The molecule has 0 atom stereocenters. The van der Waals surface area contributed by atoms with Crippen LogP contribution >= 0.6 is 0 Å². The van der Waals surface area contributed by atoms with E-state index in [0.29, 0.717) is 18.5 Å². The SMILES string of the molecule is O=C(O)CCc1ccc(NS(=O)(=O)CCc2ccc(O)cc2)cc1. The molecule has 3 N–H and O–H groups in total. The molecule has 7 heteroatoms. The van der Waals surface area contributed by atoms with Crippen molar-refractivity contribution in [2.24, 2.45) is 0 Å². The average Bonchev–Trinajstić information content (AvgIpc) is 2.53. The number of aliphatic carboxylic acids is 1. The minimum Gasteiger partial charge on any atom is -0.508 e. The molecular formula is C17H19NO5S. The summed E-state index contributed by atoms with van der Waals surface area (Å²) in [5.41, 5.74) is 2.10. The Morgan fingerprint density at radius 1 is 0.917 bits per heavy atom. The summed E-state index contributed by atoms with van der Waals surface area (Å²) in [6.45, 7) is 0. The van der Waals surface area contributed by atoms with Crippen LogP contribution in [0.4, 0.5) is 5.69 Å². The number of rotatable bonds is 8. The molecule has 0 spiro atoms. The van der Waals surface area contributed by atoms with Crippen molar-refractivity contribution in [3.63, 3.8) is 0 Å². The molecular weight excluding hydrogens is 330 g/mol. The van der Waals surface area contributed by atoms with Gasteiger partial charge in [-0.3, -0.25) is 9.52 Å². The normalized spacial score (nSPS) is 11.2. The highest BCUT2D eigenvalue weighted by Crippen LogP contribution is 2.14. The van der Waals surface area contributed by atoms with Crippen molar-refractivity contribution in [2.45, 2.75) is 19.3 Å². The Morgan fingerprint density at radius 3 is 2.04 bits per heavy atom. The first-order chi connectivity index (χ1) is 11.3. The Labute approximate surface area is 140 Å². The lowest BCUT2D eigenvalue weighted by atomic mass is 10.1. The van der Waals surface area contributed by atoms with Crippen LogP contribution in [-0.4, -0.2) is 30.4 Å². The maximum absolute atomic E-state index is 12.1. The minimum atomic E-state index is -3.49. The quantitative estimate of drug-likeness (QED) is 0.679. The lowest BCUT2D eigenvalue weighted by Crippen LogP contribution is -2.18. The van der Waals surface area contributed by atoms with Gasteiger partial charge in [0.05, 0.1) is 5.75 Å². The van der Waals surface area contributed by atoms with Gasteiger partial charge in [-0.25, -0.2) is 8.42 Å². The number of carboxylic acid groups (broad SMARTS) is 1. The van der Waals surface area contributed by atoms with Crippen LogP contribution in [0.5, 0.6) is 5.75 Å². The van der Waals surface area contributed by atoms with Crippen molar-refractivity contribution in [3.05, 3.63) is 59.7 Å². The molecule has 0 radical (unpaired) electrons. The van der Waals surface area contributed by atoms with E-state index in [-0.39, 0.29) is 17.9 Å². The Bertz CT molecular complexity index is 783. The van der Waals surface area contributed by atoms with Gasteiger partial charge in [-0.2, -0.15) is 0 Å². The molecule has 0 aliphatic carbocycles. The molecule has 0 aliphatic rings. The zero-order valence-electron chi connectivity index (χ0n) is 13.0. The minimum absolute atomic E-state index is 0.0394. The van der Waals surface area contributed by atoms with Crippen molar-refractivity contribution in [2.75, 3.05) is 10.5 Å². The fourth-order valence-corrected chi connectivity index (χ4v) is 3.24. The molecule has 2 aromatic rings. The second kappa shape index (κ2) is 7.83. The fourth-order valence-electron chi connectivity index (χ4n) is 2.14. The van der Waals surface area contributed by atoms with E-state index < -0.39 is 16.0 Å². The molecule has 2 rings (SSSR count). The summed E-state index contributed by atoms with van der Waals surface area (Å²) in [6.07, 6.45) is 0.785. The van der Waals surface area contributed by atoms with Crippen molar-refractivity contribution in [1.29, 1.82) is 0 Å². The predicted molar refractivity (Wildman–Crippen MR) is 91.6 cm³/mol. The molecule has 0 fully saturated rings. The molecule has 0 aromatic heterocycles. The van der Waals surface area contributed by atoms with Gasteiger partial charge in [0, 0.05) is 12.1 Å². The Morgan fingerprint density at radius 2 is 1.46 bits per heavy atom. The second-order valence-electron chi connectivity index (χ2n) is 5.43. The van der Waals surface area contributed by atoms with E-state index in [2.05, 4.69) is 4.72 Å². The Balaban J connectivity index is 1.91. The average molecular weight is 349 g/mol. The zero-order valence-corrected chi connectivity index (χ0v) is 13.8. The van der Waals surface area contributed by atoms with Crippen molar-refractivity contribution in [1.82, 2.24) is 0 Å². The summed E-state index contributed by atoms with van der Waals surface area (Å²) in [5, 5.41) is 17.9. The van der Waals surface area contributed by atoms with Crippen LogP contribution in [-0.2, 0) is 27.7 Å². The molecule has 0 bridgehead atoms. The first-order valence-electron chi connectivity index (χ1n) is 7.43. The third-order valence-corrected chi connectivity index (χ3v) is 4.74. The van der Waals surface area contributed by atoms with Crippen LogP contribution in [0.2, 0.25) is 0 Å². The maximum atomic E-state index is 12.1. The molecule has 6 nitrogen and oxygen atoms in total. The lowest BCUT2D eigenvalue weighted by Gasteiger charge is -2.09. The number of carbonyl (C=O) groups is 1. The van der Waals surface area contributed by atoms with Gasteiger partial charge in [-0.05, 0) is 48.2 Å². The van der Waals surface area contributed by atoms with Gasteiger partial charge in [-0.1, -0.05) is 24.3 Å². The number of sulfonamides is 1. The van der Waals surface area contributed by atoms with Gasteiger partial charge in [0.1, 0.15) is 5.75 Å². The summed E-state index contributed by atoms with van der Waals surface area (Å²) >= 11 is 0. The van der Waals surface area contributed by atoms with Crippen molar-refractivity contribution in [3.8, 4) is 5.75 Å². The first-order valence-corrected chi connectivity index (χ1v) is 9.08. The summed E-state index contributed by atoms with van der Waals surface area (Å²) in [7, 11) is -3.49. The molecule has 128 valence electrons. The topological polar surface area (TPSA) is 104 Å². The molecule has 0 aliphatic heterocycles. The van der Waals surface area contributed by atoms with E-state index in [1.54, 1.807) is 36.4 Å². The number of hydrogen-bond acceptors (Lipinski definition) is 4. The number of aromatic hydroxyl groups is 1. The molecule has 0 unspecified atom stereocenters. The lowest BCUT2D eigenvalue weighted by molar-refractivity contribution is -0.136. The molecule has 0 saturated carbocycles. The largest absolute Gasteiger partial charge is 0.508 e. The van der Waals surface area contributed by atoms with Gasteiger partial charge in [-0.15, -0.1) is 0 Å². The number of phenols is 1. The molecule has 0 amide bonds. The highest BCUT2D eigenvalue weighted by atomic mass is 32.2. The number of nitrogens with one attached hydrogen (secondary N) is 1. The van der Waals surface area contributed by atoms with E-state index in [1.165, 1.54) is 12.1 Å². The van der Waals surface area contributed by atoms with Crippen LogP contribution in [0.25, 0.3) is 0 Å². The highest BCUT2D eigenvalue weighted by Gasteiger charge is 2.11. The van der Waals surface area contributed by atoms with Crippen LogP contribution in [0.3, 0.4) is 0 Å². The van der Waals surface area contributed by atoms with Crippen LogP contribution in [0, 0.1) is 0 Å². The maximum Gasteiger partial charge on any atom is 0.303 e. The van der Waals surface area contributed by atoms with Crippen LogP contribution in [0.15, 0.2) is 48.5 Å². The number of benzene rings is 2. The highest BCUT2D eigenvalue weighted by molar-refractivity contribution is 7.92. The van der Waals surface area contributed by atoms with Gasteiger partial charge in [0.25, 0.3) is 0 Å².